The lowest BCUT2D eigenvalue weighted by Crippen LogP contribution is -2.15. The zero-order valence-electron chi connectivity index (χ0n) is 17.6. The minimum atomic E-state index is -0.909. The van der Waals surface area contributed by atoms with Crippen LogP contribution in [0.2, 0.25) is 0 Å². The number of aromatic amines is 1. The molecule has 0 fully saturated rings. The van der Waals surface area contributed by atoms with Gasteiger partial charge in [-0.25, -0.2) is 13.8 Å². The third-order valence-corrected chi connectivity index (χ3v) is 7.08. The highest BCUT2D eigenvalue weighted by Crippen LogP contribution is 2.30. The highest BCUT2D eigenvalue weighted by Gasteiger charge is 2.19. The van der Waals surface area contributed by atoms with Gasteiger partial charge in [0.15, 0.2) is 21.8 Å². The molecule has 7 nitrogen and oxygen atoms in total. The van der Waals surface area contributed by atoms with Gasteiger partial charge >= 0.3 is 0 Å². The van der Waals surface area contributed by atoms with Gasteiger partial charge in [-0.2, -0.15) is 0 Å². The van der Waals surface area contributed by atoms with Crippen LogP contribution in [0.4, 0.5) is 13.9 Å². The molecule has 2 aromatic carbocycles. The molecule has 0 atom stereocenters. The molecule has 0 unspecified atom stereocenters. The van der Waals surface area contributed by atoms with E-state index >= 15 is 0 Å². The summed E-state index contributed by atoms with van der Waals surface area (Å²) in [5.41, 5.74) is 2.27. The van der Waals surface area contributed by atoms with E-state index in [0.29, 0.717) is 21.2 Å². The number of thioether (sulfide) groups is 1. The number of benzene rings is 2. The van der Waals surface area contributed by atoms with Gasteiger partial charge in [-0.05, 0) is 29.8 Å². The monoisotopic (exact) mass is 495 g/mol. The third kappa shape index (κ3) is 4.27. The first-order chi connectivity index (χ1) is 16.4. The van der Waals surface area contributed by atoms with Crippen LogP contribution in [-0.2, 0) is 5.75 Å². The number of hydrogen-bond donors (Lipinski definition) is 2. The van der Waals surface area contributed by atoms with Crippen LogP contribution in [0.3, 0.4) is 0 Å². The number of anilines is 1. The highest BCUT2D eigenvalue weighted by atomic mass is 32.2. The Hall–Kier alpha value is -3.70. The molecule has 1 amide bonds. The number of ketones is 1. The fraction of sp³-hybridized carbons (Fsp3) is 0.0870. The van der Waals surface area contributed by atoms with Crippen molar-refractivity contribution in [3.8, 4) is 0 Å². The second-order valence-corrected chi connectivity index (χ2v) is 9.57. The van der Waals surface area contributed by atoms with Gasteiger partial charge in [0.1, 0.15) is 11.4 Å². The Morgan fingerprint density at radius 3 is 2.68 bits per heavy atom. The first-order valence-electron chi connectivity index (χ1n) is 10.0. The van der Waals surface area contributed by atoms with Crippen LogP contribution < -0.4 is 5.32 Å². The molecular weight excluding hydrogens is 480 g/mol. The van der Waals surface area contributed by atoms with Crippen LogP contribution in [0.25, 0.3) is 21.8 Å². The fourth-order valence-electron chi connectivity index (χ4n) is 3.47. The number of aromatic nitrogens is 4. The number of nitrogens with one attached hydrogen (secondary N) is 2. The molecule has 0 spiro atoms. The van der Waals surface area contributed by atoms with Crippen LogP contribution in [0.15, 0.2) is 52.9 Å². The Balaban J connectivity index is 1.36. The Kier molecular flexibility index (Phi) is 5.80. The lowest BCUT2D eigenvalue weighted by molar-refractivity contribution is 0.101. The third-order valence-electron chi connectivity index (χ3n) is 5.04. The molecule has 5 aromatic rings. The van der Waals surface area contributed by atoms with Crippen LogP contribution >= 0.6 is 23.1 Å². The van der Waals surface area contributed by atoms with Crippen LogP contribution in [0.5, 0.6) is 0 Å². The molecule has 0 radical (unpaired) electrons. The van der Waals surface area contributed by atoms with Crippen LogP contribution in [-0.4, -0.2) is 31.9 Å². The summed E-state index contributed by atoms with van der Waals surface area (Å²) >= 11 is 2.42. The van der Waals surface area contributed by atoms with Crippen LogP contribution in [0.1, 0.15) is 33.5 Å². The summed E-state index contributed by atoms with van der Waals surface area (Å²) in [5.74, 6) is -2.24. The second kappa shape index (κ2) is 8.92. The molecule has 2 N–H and O–H groups in total. The molecule has 3 aromatic heterocycles. The van der Waals surface area contributed by atoms with E-state index in [1.165, 1.54) is 24.8 Å². The van der Waals surface area contributed by atoms with Crippen molar-refractivity contribution in [1.82, 2.24) is 20.2 Å². The largest absolute Gasteiger partial charge is 0.353 e. The maximum Gasteiger partial charge on any atom is 0.276 e. The summed E-state index contributed by atoms with van der Waals surface area (Å²) in [5, 5.41) is 12.5. The van der Waals surface area contributed by atoms with Crippen molar-refractivity contribution in [3.05, 3.63) is 77.1 Å². The van der Waals surface area contributed by atoms with Crippen molar-refractivity contribution in [2.24, 2.45) is 0 Å². The number of pyridine rings is 1. The summed E-state index contributed by atoms with van der Waals surface area (Å²) in [4.78, 5) is 32.6. The van der Waals surface area contributed by atoms with Gasteiger partial charge in [0.05, 0.1) is 5.52 Å². The normalized spacial score (nSPS) is 11.3. The predicted molar refractivity (Wildman–Crippen MR) is 127 cm³/mol. The zero-order valence-corrected chi connectivity index (χ0v) is 19.2. The Morgan fingerprint density at radius 2 is 1.88 bits per heavy atom. The number of halogens is 2. The van der Waals surface area contributed by atoms with Gasteiger partial charge < -0.3 is 4.98 Å². The van der Waals surface area contributed by atoms with Crippen molar-refractivity contribution >= 4 is 61.7 Å². The number of carbonyl (C=O) groups is 2. The molecule has 170 valence electrons. The van der Waals surface area contributed by atoms with Crippen molar-refractivity contribution in [3.63, 3.8) is 0 Å². The molecule has 34 heavy (non-hydrogen) atoms. The number of H-pyrrole nitrogens is 1. The van der Waals surface area contributed by atoms with Gasteiger partial charge in [-0.3, -0.25) is 14.9 Å². The summed E-state index contributed by atoms with van der Waals surface area (Å²) in [7, 11) is 0. The highest BCUT2D eigenvalue weighted by molar-refractivity contribution is 8.00. The van der Waals surface area contributed by atoms with Gasteiger partial charge in [-0.15, -0.1) is 10.2 Å². The SMILES string of the molecule is CC(=O)c1nc(C(=O)Nc2nnc(SCc3ccc(F)c(F)c3)s2)cc2c1[nH]c1ccccc12. The van der Waals surface area contributed by atoms with E-state index in [1.54, 1.807) is 6.07 Å². The molecule has 0 bridgehead atoms. The van der Waals surface area contributed by atoms with Gasteiger partial charge in [-0.1, -0.05) is 47.4 Å². The summed E-state index contributed by atoms with van der Waals surface area (Å²) < 4.78 is 27.0. The number of Topliss-reactive ketones (excluding diaryl/α,β-unsaturated/α-hetero) is 1. The molecular formula is C23H15F2N5O2S2. The van der Waals surface area contributed by atoms with Crippen molar-refractivity contribution in [2.75, 3.05) is 5.32 Å². The summed E-state index contributed by atoms with van der Waals surface area (Å²) in [6, 6.07) is 12.9. The minimum absolute atomic E-state index is 0.0774. The molecule has 0 aliphatic heterocycles. The second-order valence-electron chi connectivity index (χ2n) is 7.37. The molecule has 0 aliphatic rings. The van der Waals surface area contributed by atoms with Gasteiger partial charge in [0.2, 0.25) is 5.13 Å². The predicted octanol–water partition coefficient (Wildman–Crippen LogP) is 5.59. The number of carbonyl (C=O) groups excluding carboxylic acids is 2. The van der Waals surface area contributed by atoms with E-state index in [4.69, 9.17) is 0 Å². The molecule has 5 rings (SSSR count). The maximum atomic E-state index is 13.4. The fourth-order valence-corrected chi connectivity index (χ4v) is 5.16. The van der Waals surface area contributed by atoms with Crippen LogP contribution in [0, 0.1) is 11.6 Å². The first kappa shape index (κ1) is 22.1. The van der Waals surface area contributed by atoms with Gasteiger partial charge in [0, 0.05) is 29.0 Å². The average molecular weight is 496 g/mol. The topological polar surface area (TPSA) is 101 Å². The smallest absolute Gasteiger partial charge is 0.276 e. The molecule has 0 aliphatic carbocycles. The number of amides is 1. The average Bonchev–Trinajstić information content (AvgIpc) is 3.43. The number of hydrogen-bond acceptors (Lipinski definition) is 7. The number of rotatable bonds is 6. The van der Waals surface area contributed by atoms with E-state index in [0.717, 1.165) is 39.8 Å². The number of para-hydroxylation sites is 1. The van der Waals surface area contributed by atoms with E-state index in [1.807, 2.05) is 24.3 Å². The van der Waals surface area contributed by atoms with Crippen molar-refractivity contribution in [1.29, 1.82) is 0 Å². The van der Waals surface area contributed by atoms with E-state index in [2.05, 4.69) is 25.5 Å². The Labute approximate surface area is 199 Å². The van der Waals surface area contributed by atoms with E-state index in [-0.39, 0.29) is 22.3 Å². The molecule has 0 saturated heterocycles. The molecule has 3 heterocycles. The minimum Gasteiger partial charge on any atom is -0.353 e. The van der Waals surface area contributed by atoms with Gasteiger partial charge in [0.25, 0.3) is 5.91 Å². The van der Waals surface area contributed by atoms with Crippen molar-refractivity contribution in [2.45, 2.75) is 17.0 Å². The summed E-state index contributed by atoms with van der Waals surface area (Å²) in [6.45, 7) is 1.40. The van der Waals surface area contributed by atoms with Crippen molar-refractivity contribution < 1.29 is 18.4 Å². The standard InChI is InChI=1S/C23H15F2N5O2S2/c1-11(31)19-20-14(13-4-2-3-5-17(13)26-20)9-18(27-19)21(32)28-22-29-30-23(34-22)33-10-12-6-7-15(24)16(25)8-12/h2-9,26H,10H2,1H3,(H,28,29,32). The maximum absolute atomic E-state index is 13.4. The first-order valence-corrected chi connectivity index (χ1v) is 11.8. The number of nitrogens with zero attached hydrogens (tertiary/aromatic N) is 3. The molecule has 0 saturated carbocycles. The Bertz CT molecular complexity index is 1580. The van der Waals surface area contributed by atoms with E-state index < -0.39 is 17.5 Å². The zero-order chi connectivity index (χ0) is 23.8. The lowest BCUT2D eigenvalue weighted by atomic mass is 10.1. The lowest BCUT2D eigenvalue weighted by Gasteiger charge is -2.04. The quantitative estimate of drug-likeness (QED) is 0.181. The number of fused-ring (bicyclic) bond motifs is 3. The van der Waals surface area contributed by atoms with E-state index in [9.17, 15) is 18.4 Å². The summed E-state index contributed by atoms with van der Waals surface area (Å²) in [6.07, 6.45) is 0. The molecule has 11 heteroatoms. The Morgan fingerprint density at radius 1 is 1.06 bits per heavy atom.